The molecule has 2 aliphatic rings. The van der Waals surface area contributed by atoms with Crippen molar-refractivity contribution < 1.29 is 9.53 Å². The summed E-state index contributed by atoms with van der Waals surface area (Å²) in [5.41, 5.74) is 3.67. The number of benzene rings is 2. The van der Waals surface area contributed by atoms with E-state index in [1.807, 2.05) is 47.4 Å². The Labute approximate surface area is 174 Å². The van der Waals surface area contributed by atoms with E-state index in [1.54, 1.807) is 30.4 Å². The molecule has 0 saturated carbocycles. The summed E-state index contributed by atoms with van der Waals surface area (Å²) in [5.74, 6) is 1.54. The van der Waals surface area contributed by atoms with E-state index in [0.717, 1.165) is 28.3 Å². The summed E-state index contributed by atoms with van der Waals surface area (Å²) in [6.07, 6.45) is 5.14. The fraction of sp³-hybridized carbons (Fsp3) is 0.217. The van der Waals surface area contributed by atoms with Gasteiger partial charge >= 0.3 is 0 Å². The molecule has 0 aliphatic carbocycles. The molecule has 1 atom stereocenters. The molecule has 0 saturated heterocycles. The summed E-state index contributed by atoms with van der Waals surface area (Å²) < 4.78 is 7.37. The number of carbonyl (C=O) groups is 1. The molecule has 0 radical (unpaired) electrons. The highest BCUT2D eigenvalue weighted by molar-refractivity contribution is 6.53. The first-order valence-corrected chi connectivity index (χ1v) is 9.84. The number of ether oxygens (including phenoxy) is 1. The maximum absolute atomic E-state index is 13.2. The lowest BCUT2D eigenvalue weighted by atomic mass is 10.1. The smallest absolute Gasteiger partial charge is 0.177 e. The number of imidazole rings is 1. The second-order valence-electron chi connectivity index (χ2n) is 7.25. The van der Waals surface area contributed by atoms with Crippen LogP contribution in [0.5, 0.6) is 5.75 Å². The first-order chi connectivity index (χ1) is 14.8. The van der Waals surface area contributed by atoms with Crippen molar-refractivity contribution in [2.75, 3.05) is 18.6 Å². The fourth-order valence-corrected chi connectivity index (χ4v) is 4.02. The molecule has 150 valence electrons. The molecule has 0 spiro atoms. The topological polar surface area (TPSA) is 72.1 Å². The van der Waals surface area contributed by atoms with E-state index < -0.39 is 0 Å². The van der Waals surface area contributed by atoms with Crippen LogP contribution >= 0.6 is 0 Å². The van der Waals surface area contributed by atoms with Crippen LogP contribution in [0.1, 0.15) is 11.1 Å². The van der Waals surface area contributed by atoms with E-state index in [1.165, 1.54) is 0 Å². The fourth-order valence-electron chi connectivity index (χ4n) is 4.02. The van der Waals surface area contributed by atoms with Crippen molar-refractivity contribution in [1.82, 2.24) is 9.55 Å². The zero-order valence-corrected chi connectivity index (χ0v) is 16.6. The van der Waals surface area contributed by atoms with Gasteiger partial charge in [0.25, 0.3) is 0 Å². The van der Waals surface area contributed by atoms with Crippen LogP contribution in [0.2, 0.25) is 0 Å². The molecule has 0 fully saturated rings. The minimum Gasteiger partial charge on any atom is -0.496 e. The van der Waals surface area contributed by atoms with Crippen molar-refractivity contribution >= 4 is 23.0 Å². The van der Waals surface area contributed by atoms with Gasteiger partial charge in [0.1, 0.15) is 17.5 Å². The van der Waals surface area contributed by atoms with Gasteiger partial charge in [-0.15, -0.1) is 0 Å². The maximum Gasteiger partial charge on any atom is 0.177 e. The van der Waals surface area contributed by atoms with Crippen molar-refractivity contribution in [3.63, 3.8) is 0 Å². The number of aromatic nitrogens is 2. The molecule has 0 N–H and O–H groups in total. The van der Waals surface area contributed by atoms with Gasteiger partial charge in [-0.05, 0) is 23.8 Å². The molecule has 3 aromatic rings. The second kappa shape index (κ2) is 7.59. The van der Waals surface area contributed by atoms with Crippen LogP contribution in [-0.2, 0) is 17.9 Å². The number of rotatable bonds is 5. The van der Waals surface area contributed by atoms with Crippen LogP contribution in [0.3, 0.4) is 0 Å². The number of para-hydroxylation sites is 2. The third-order valence-electron chi connectivity index (χ3n) is 5.46. The van der Waals surface area contributed by atoms with Crippen molar-refractivity contribution in [2.45, 2.75) is 19.1 Å². The minimum atomic E-state index is -0.387. The summed E-state index contributed by atoms with van der Waals surface area (Å²) >= 11 is 0. The largest absolute Gasteiger partial charge is 0.496 e. The van der Waals surface area contributed by atoms with Crippen molar-refractivity contribution in [1.29, 1.82) is 0 Å². The molecule has 2 aliphatic heterocycles. The van der Waals surface area contributed by atoms with Gasteiger partial charge in [-0.2, -0.15) is 0 Å². The average molecular weight is 399 g/mol. The summed E-state index contributed by atoms with van der Waals surface area (Å²) in [6, 6.07) is 15.5. The normalized spacial score (nSPS) is 17.5. The van der Waals surface area contributed by atoms with Gasteiger partial charge in [-0.1, -0.05) is 30.3 Å². The predicted octanol–water partition coefficient (Wildman–Crippen LogP) is 2.75. The maximum atomic E-state index is 13.2. The zero-order chi connectivity index (χ0) is 20.5. The molecule has 7 nitrogen and oxygen atoms in total. The SMILES string of the molecule is COc1ccccc1C1=NCc2ccccc2N2C1=NCC2C(=O)Cn1ccnc1. The molecule has 7 heteroatoms. The molecule has 1 unspecified atom stereocenters. The van der Waals surface area contributed by atoms with Gasteiger partial charge in [-0.25, -0.2) is 4.98 Å². The van der Waals surface area contributed by atoms with Gasteiger partial charge in [0.2, 0.25) is 0 Å². The first-order valence-electron chi connectivity index (χ1n) is 9.84. The number of hydrogen-bond donors (Lipinski definition) is 0. The number of hydrogen-bond acceptors (Lipinski definition) is 6. The summed E-state index contributed by atoms with van der Waals surface area (Å²) in [4.78, 5) is 29.0. The van der Waals surface area contributed by atoms with Gasteiger partial charge in [-0.3, -0.25) is 14.8 Å². The summed E-state index contributed by atoms with van der Waals surface area (Å²) in [5, 5.41) is 0. The molecule has 0 amide bonds. The number of Topliss-reactive ketones (excluding diaryl/α,β-unsaturated/α-hetero) is 1. The van der Waals surface area contributed by atoms with Crippen LogP contribution < -0.4 is 9.64 Å². The number of carbonyl (C=O) groups excluding carboxylic acids is 1. The van der Waals surface area contributed by atoms with Crippen molar-refractivity contribution in [3.05, 3.63) is 78.4 Å². The average Bonchev–Trinajstić information content (AvgIpc) is 3.42. The number of amidine groups is 1. The number of ketones is 1. The number of aliphatic imine (C=N–C) groups is 2. The summed E-state index contributed by atoms with van der Waals surface area (Å²) in [6.45, 7) is 1.17. The Balaban J connectivity index is 1.58. The third kappa shape index (κ3) is 3.08. The number of methoxy groups -OCH3 is 1. The van der Waals surface area contributed by atoms with Crippen LogP contribution in [0, 0.1) is 0 Å². The first kappa shape index (κ1) is 18.3. The monoisotopic (exact) mass is 399 g/mol. The lowest BCUT2D eigenvalue weighted by Gasteiger charge is -2.28. The Hall–Kier alpha value is -3.74. The van der Waals surface area contributed by atoms with E-state index in [4.69, 9.17) is 14.7 Å². The third-order valence-corrected chi connectivity index (χ3v) is 5.46. The molecule has 3 heterocycles. The summed E-state index contributed by atoms with van der Waals surface area (Å²) in [7, 11) is 1.65. The van der Waals surface area contributed by atoms with Gasteiger partial charge < -0.3 is 14.2 Å². The Morgan fingerprint density at radius 3 is 2.80 bits per heavy atom. The Bertz CT molecular complexity index is 1150. The lowest BCUT2D eigenvalue weighted by Crippen LogP contribution is -2.46. The lowest BCUT2D eigenvalue weighted by molar-refractivity contribution is -0.120. The standard InChI is InChI=1S/C23H21N5O2/c1-30-21-9-5-3-7-17(21)22-23-26-13-19(20(29)14-27-11-10-24-15-27)28(23)18-8-4-2-6-16(18)12-25-22/h2-11,15,19H,12-14H2,1H3. The van der Waals surface area contributed by atoms with Crippen molar-refractivity contribution in [3.8, 4) is 5.75 Å². The van der Waals surface area contributed by atoms with E-state index >= 15 is 0 Å². The molecule has 30 heavy (non-hydrogen) atoms. The van der Waals surface area contributed by atoms with Gasteiger partial charge in [0, 0.05) is 23.6 Å². The molecule has 1 aromatic heterocycles. The molecule has 2 aromatic carbocycles. The van der Waals surface area contributed by atoms with E-state index in [9.17, 15) is 4.79 Å². The van der Waals surface area contributed by atoms with E-state index in [2.05, 4.69) is 11.1 Å². The zero-order valence-electron chi connectivity index (χ0n) is 16.6. The Morgan fingerprint density at radius 2 is 1.97 bits per heavy atom. The van der Waals surface area contributed by atoms with Crippen LogP contribution in [0.4, 0.5) is 5.69 Å². The minimum absolute atomic E-state index is 0.0860. The molecular formula is C23H21N5O2. The Kier molecular flexibility index (Phi) is 4.63. The Morgan fingerprint density at radius 1 is 1.13 bits per heavy atom. The van der Waals surface area contributed by atoms with Gasteiger partial charge in [0.15, 0.2) is 11.6 Å². The van der Waals surface area contributed by atoms with E-state index in [-0.39, 0.29) is 18.4 Å². The predicted molar refractivity (Wildman–Crippen MR) is 115 cm³/mol. The van der Waals surface area contributed by atoms with Crippen LogP contribution in [0.15, 0.2) is 77.2 Å². The quantitative estimate of drug-likeness (QED) is 0.661. The highest BCUT2D eigenvalue weighted by Gasteiger charge is 2.39. The van der Waals surface area contributed by atoms with Crippen LogP contribution in [-0.4, -0.2) is 46.6 Å². The number of anilines is 1. The molecule has 0 bridgehead atoms. The number of fused-ring (bicyclic) bond motifs is 3. The van der Waals surface area contributed by atoms with Crippen molar-refractivity contribution in [2.24, 2.45) is 9.98 Å². The molecule has 5 rings (SSSR count). The molecular weight excluding hydrogens is 378 g/mol. The van der Waals surface area contributed by atoms with Crippen LogP contribution in [0.25, 0.3) is 0 Å². The van der Waals surface area contributed by atoms with Gasteiger partial charge in [0.05, 0.1) is 33.1 Å². The second-order valence-corrected chi connectivity index (χ2v) is 7.25. The van der Waals surface area contributed by atoms with E-state index in [0.29, 0.717) is 18.9 Å². The highest BCUT2D eigenvalue weighted by atomic mass is 16.5. The highest BCUT2D eigenvalue weighted by Crippen LogP contribution is 2.33. The number of nitrogens with zero attached hydrogens (tertiary/aromatic N) is 5.